The summed E-state index contributed by atoms with van der Waals surface area (Å²) in [6.07, 6.45) is 2.17. The summed E-state index contributed by atoms with van der Waals surface area (Å²) in [5.41, 5.74) is 18.8. The molecule has 0 saturated carbocycles. The Morgan fingerprint density at radius 1 is 0.488 bits per heavy atom. The molecule has 1 aromatic heterocycles. The fraction of sp³-hybridized carbons (Fsp3) is 0.154. The lowest BCUT2D eigenvalue weighted by molar-refractivity contribution is -0.743. The van der Waals surface area contributed by atoms with Crippen molar-refractivity contribution in [2.24, 2.45) is 7.05 Å². The van der Waals surface area contributed by atoms with E-state index < -0.39 is 0 Å². The van der Waals surface area contributed by atoms with Crippen molar-refractivity contribution in [3.8, 4) is 16.9 Å². The van der Waals surface area contributed by atoms with E-state index in [-0.39, 0.29) is 13.4 Å². The normalized spacial score (nSPS) is 12.3. The second-order valence-corrected chi connectivity index (χ2v) is 12.3. The van der Waals surface area contributed by atoms with Crippen LogP contribution in [-0.2, 0) is 7.05 Å². The topological polar surface area (TPSA) is 8.81 Å². The van der Waals surface area contributed by atoms with Crippen molar-refractivity contribution < 1.29 is 4.68 Å². The first kappa shape index (κ1) is 27.3. The quantitative estimate of drug-likeness (QED) is 0.231. The van der Waals surface area contributed by atoms with E-state index in [4.69, 9.17) is 0 Å². The monoisotopic (exact) mass is 555 g/mol. The van der Waals surface area contributed by atoms with Crippen molar-refractivity contribution in [1.82, 2.24) is 4.68 Å². The number of rotatable bonds is 4. The van der Waals surface area contributed by atoms with Crippen LogP contribution in [0.2, 0.25) is 0 Å². The third-order valence-electron chi connectivity index (χ3n) is 9.62. The molecule has 1 aliphatic heterocycles. The van der Waals surface area contributed by atoms with Gasteiger partial charge in [-0.25, -0.2) is 0 Å². The lowest BCUT2D eigenvalue weighted by Gasteiger charge is -2.34. The van der Waals surface area contributed by atoms with Gasteiger partial charge < -0.3 is 0 Å². The molecule has 2 heterocycles. The SMILES string of the molecule is Cc1ccccc1-n1c(-c2ccc3c(c2)B(c2c(C)cccc2C)c2ccccc2B3c2c(C)cccc2C)cc[n+]1C. The molecule has 208 valence electrons. The Morgan fingerprint density at radius 2 is 0.977 bits per heavy atom. The van der Waals surface area contributed by atoms with Crippen LogP contribution in [0.25, 0.3) is 16.9 Å². The third-order valence-corrected chi connectivity index (χ3v) is 9.62. The average molecular weight is 555 g/mol. The number of fused-ring (bicyclic) bond motifs is 2. The number of hydrogen-bond acceptors (Lipinski definition) is 0. The molecule has 0 N–H and O–H groups in total. The molecule has 6 aromatic rings. The maximum atomic E-state index is 2.49. The highest BCUT2D eigenvalue weighted by molar-refractivity contribution is 7.11. The van der Waals surface area contributed by atoms with E-state index in [1.54, 1.807) is 0 Å². The van der Waals surface area contributed by atoms with Crippen molar-refractivity contribution in [2.75, 3.05) is 0 Å². The summed E-state index contributed by atoms with van der Waals surface area (Å²) in [4.78, 5) is 0. The van der Waals surface area contributed by atoms with Crippen molar-refractivity contribution in [3.63, 3.8) is 0 Å². The van der Waals surface area contributed by atoms with E-state index in [9.17, 15) is 0 Å². The van der Waals surface area contributed by atoms with E-state index in [0.29, 0.717) is 0 Å². The van der Waals surface area contributed by atoms with Gasteiger partial charge in [0.2, 0.25) is 13.4 Å². The van der Waals surface area contributed by atoms with Crippen LogP contribution in [0.5, 0.6) is 0 Å². The van der Waals surface area contributed by atoms with Gasteiger partial charge in [0.15, 0.2) is 13.2 Å². The minimum atomic E-state index is 0.156. The highest BCUT2D eigenvalue weighted by Gasteiger charge is 2.40. The summed E-state index contributed by atoms with van der Waals surface area (Å²) < 4.78 is 4.53. The van der Waals surface area contributed by atoms with Gasteiger partial charge in [-0.05, 0) is 46.2 Å². The fourth-order valence-corrected chi connectivity index (χ4v) is 7.61. The molecule has 0 unspecified atom stereocenters. The zero-order chi connectivity index (χ0) is 29.8. The highest BCUT2D eigenvalue weighted by Crippen LogP contribution is 2.23. The van der Waals surface area contributed by atoms with Gasteiger partial charge in [-0.15, -0.1) is 9.36 Å². The smallest absolute Gasteiger partial charge is 0.121 e. The van der Waals surface area contributed by atoms with Gasteiger partial charge in [-0.2, -0.15) is 0 Å². The first-order valence-electron chi connectivity index (χ1n) is 15.3. The van der Waals surface area contributed by atoms with Crippen molar-refractivity contribution in [3.05, 3.63) is 143 Å². The molecule has 0 aliphatic carbocycles. The highest BCUT2D eigenvalue weighted by atomic mass is 15.4. The summed E-state index contributed by atoms with van der Waals surface area (Å²) in [7, 11) is 2.13. The van der Waals surface area contributed by atoms with Crippen LogP contribution >= 0.6 is 0 Å². The number of aromatic nitrogens is 2. The van der Waals surface area contributed by atoms with Crippen molar-refractivity contribution in [2.45, 2.75) is 34.6 Å². The van der Waals surface area contributed by atoms with Gasteiger partial charge in [-0.3, -0.25) is 0 Å². The number of para-hydroxylation sites is 1. The summed E-state index contributed by atoms with van der Waals surface area (Å²) >= 11 is 0. The average Bonchev–Trinajstić information content (AvgIpc) is 3.38. The Morgan fingerprint density at radius 3 is 1.56 bits per heavy atom. The Balaban J connectivity index is 1.54. The molecule has 0 radical (unpaired) electrons. The van der Waals surface area contributed by atoms with Crippen LogP contribution in [0.3, 0.4) is 0 Å². The molecule has 43 heavy (non-hydrogen) atoms. The Hall–Kier alpha value is -4.56. The first-order valence-corrected chi connectivity index (χ1v) is 15.3. The zero-order valence-corrected chi connectivity index (χ0v) is 26.0. The Kier molecular flexibility index (Phi) is 6.73. The standard InChI is InChI=1S/C39H37B2N2/c1-26-13-7-10-20-36(26)43-37(23-24-42(43)6)31-21-22-34-35(25-31)41(39-29(4)16-12-17-30(39)5)33-19-9-8-18-32(33)40(34)38-27(2)14-11-15-28(38)3/h7-25H,1-6H3/q+1. The van der Waals surface area contributed by atoms with Gasteiger partial charge in [-0.1, -0.05) is 152 Å². The van der Waals surface area contributed by atoms with Crippen LogP contribution < -0.4 is 37.5 Å². The van der Waals surface area contributed by atoms with Gasteiger partial charge >= 0.3 is 0 Å². The molecule has 0 bridgehead atoms. The Bertz CT molecular complexity index is 1980. The van der Waals surface area contributed by atoms with Crippen LogP contribution in [-0.4, -0.2) is 18.1 Å². The minimum Gasteiger partial charge on any atom is -0.121 e. The van der Waals surface area contributed by atoms with Crippen LogP contribution in [0.4, 0.5) is 0 Å². The molecule has 2 nitrogen and oxygen atoms in total. The van der Waals surface area contributed by atoms with Gasteiger partial charge in [0.05, 0.1) is 0 Å². The van der Waals surface area contributed by atoms with E-state index in [1.807, 2.05) is 0 Å². The molecule has 0 amide bonds. The maximum Gasteiger partial charge on any atom is 0.240 e. The molecule has 7 rings (SSSR count). The second kappa shape index (κ2) is 10.6. The summed E-state index contributed by atoms with van der Waals surface area (Å²) in [6, 6.07) is 40.8. The lowest BCUT2D eigenvalue weighted by atomic mass is 9.20. The van der Waals surface area contributed by atoms with Gasteiger partial charge in [0.1, 0.15) is 11.4 Å². The molecule has 0 fully saturated rings. The molecule has 0 spiro atoms. The molecular weight excluding hydrogens is 518 g/mol. The van der Waals surface area contributed by atoms with E-state index in [1.165, 1.54) is 77.5 Å². The number of benzene rings is 5. The van der Waals surface area contributed by atoms with Gasteiger partial charge in [0, 0.05) is 11.6 Å². The van der Waals surface area contributed by atoms with Crippen LogP contribution in [0.15, 0.2) is 115 Å². The minimum absolute atomic E-state index is 0.156. The molecule has 5 aromatic carbocycles. The Labute approximate surface area is 256 Å². The molecule has 4 heteroatoms. The summed E-state index contributed by atoms with van der Waals surface area (Å²) in [5.74, 6) is 0. The lowest BCUT2D eigenvalue weighted by Crippen LogP contribution is -2.75. The predicted octanol–water partition coefficient (Wildman–Crippen LogP) is 3.86. The second-order valence-electron chi connectivity index (χ2n) is 12.3. The van der Waals surface area contributed by atoms with E-state index in [0.717, 1.165) is 0 Å². The zero-order valence-electron chi connectivity index (χ0n) is 26.0. The molecular formula is C39H37B2N2+. The first-order chi connectivity index (χ1) is 20.8. The number of hydrogen-bond donors (Lipinski definition) is 0. The van der Waals surface area contributed by atoms with Crippen molar-refractivity contribution in [1.29, 1.82) is 0 Å². The maximum absolute atomic E-state index is 2.49. The number of nitrogens with zero attached hydrogens (tertiary/aromatic N) is 2. The van der Waals surface area contributed by atoms with Crippen molar-refractivity contribution >= 4 is 46.2 Å². The summed E-state index contributed by atoms with van der Waals surface area (Å²) in [5, 5.41) is 0. The van der Waals surface area contributed by atoms with Gasteiger partial charge in [0.25, 0.3) is 0 Å². The van der Waals surface area contributed by atoms with E-state index >= 15 is 0 Å². The third kappa shape index (κ3) is 4.39. The number of aryl methyl sites for hydroxylation is 6. The molecule has 1 aliphatic rings. The molecule has 0 atom stereocenters. The largest absolute Gasteiger partial charge is 0.240 e. The fourth-order valence-electron chi connectivity index (χ4n) is 7.61. The summed E-state index contributed by atoms with van der Waals surface area (Å²) in [6.45, 7) is 11.6. The van der Waals surface area contributed by atoms with Crippen LogP contribution in [0.1, 0.15) is 27.8 Å². The molecule has 0 saturated heterocycles. The predicted molar refractivity (Wildman–Crippen MR) is 185 cm³/mol. The van der Waals surface area contributed by atoms with Crippen LogP contribution in [0, 0.1) is 34.6 Å². The van der Waals surface area contributed by atoms with E-state index in [2.05, 4.69) is 166 Å².